The van der Waals surface area contributed by atoms with Crippen molar-refractivity contribution in [3.05, 3.63) is 0 Å². The van der Waals surface area contributed by atoms with Crippen molar-refractivity contribution in [1.82, 2.24) is 15.5 Å². The average Bonchev–Trinajstić information content (AvgIpc) is 3.09. The SMILES string of the molecule is CC.CC(C)N1CCC2(NC(=O)NC2=O)C2(CC2)C1. The summed E-state index contributed by atoms with van der Waals surface area (Å²) in [5.41, 5.74) is -0.624. The number of urea groups is 1. The van der Waals surface area contributed by atoms with Gasteiger partial charge in [0.15, 0.2) is 0 Å². The van der Waals surface area contributed by atoms with Crippen LogP contribution >= 0.6 is 0 Å². The van der Waals surface area contributed by atoms with Crippen molar-refractivity contribution in [3.63, 3.8) is 0 Å². The van der Waals surface area contributed by atoms with Crippen LogP contribution in [0.15, 0.2) is 0 Å². The first-order valence-corrected chi connectivity index (χ1v) is 7.37. The molecule has 5 heteroatoms. The van der Waals surface area contributed by atoms with Crippen molar-refractivity contribution < 1.29 is 9.59 Å². The fraction of sp³-hybridized carbons (Fsp3) is 0.857. The van der Waals surface area contributed by atoms with Gasteiger partial charge in [-0.05, 0) is 33.1 Å². The standard InChI is InChI=1S/C12H19N3O2.C2H6/c1-8(2)15-6-5-12(11(7-15)3-4-11)9(16)13-10(17)14-12;1-2/h8H,3-7H2,1-2H3,(H2,13,14,16,17);1-2H3. The van der Waals surface area contributed by atoms with Crippen LogP contribution in [0, 0.1) is 5.41 Å². The van der Waals surface area contributed by atoms with E-state index in [1.54, 1.807) is 0 Å². The summed E-state index contributed by atoms with van der Waals surface area (Å²) in [7, 11) is 0. The van der Waals surface area contributed by atoms with Gasteiger partial charge in [-0.25, -0.2) is 4.79 Å². The maximum Gasteiger partial charge on any atom is 0.322 e. The van der Waals surface area contributed by atoms with E-state index in [1.165, 1.54) is 0 Å². The minimum Gasteiger partial charge on any atom is -0.323 e. The monoisotopic (exact) mass is 267 g/mol. The first-order chi connectivity index (χ1) is 8.99. The van der Waals surface area contributed by atoms with Gasteiger partial charge in [-0.3, -0.25) is 10.1 Å². The Kier molecular flexibility index (Phi) is 3.60. The van der Waals surface area contributed by atoms with Crippen molar-refractivity contribution in [2.75, 3.05) is 13.1 Å². The van der Waals surface area contributed by atoms with Gasteiger partial charge in [-0.1, -0.05) is 13.8 Å². The number of fused-ring (bicyclic) bond motifs is 1. The van der Waals surface area contributed by atoms with Gasteiger partial charge in [0.2, 0.25) is 0 Å². The van der Waals surface area contributed by atoms with Crippen LogP contribution in [0.5, 0.6) is 0 Å². The quantitative estimate of drug-likeness (QED) is 0.708. The molecule has 2 aliphatic heterocycles. The minimum absolute atomic E-state index is 0.00817. The molecule has 0 radical (unpaired) electrons. The van der Waals surface area contributed by atoms with Crippen molar-refractivity contribution in [2.24, 2.45) is 5.41 Å². The maximum absolute atomic E-state index is 12.1. The average molecular weight is 267 g/mol. The molecule has 1 unspecified atom stereocenters. The molecule has 0 aromatic heterocycles. The lowest BCUT2D eigenvalue weighted by Gasteiger charge is -2.45. The van der Waals surface area contributed by atoms with E-state index in [2.05, 4.69) is 29.4 Å². The van der Waals surface area contributed by atoms with Crippen LogP contribution in [0.1, 0.15) is 47.0 Å². The molecule has 1 aliphatic carbocycles. The molecular formula is C14H25N3O2. The third-order valence-corrected chi connectivity index (χ3v) is 4.71. The molecule has 3 aliphatic rings. The van der Waals surface area contributed by atoms with E-state index in [0.29, 0.717) is 6.04 Å². The van der Waals surface area contributed by atoms with Crippen molar-refractivity contribution in [3.8, 4) is 0 Å². The van der Waals surface area contributed by atoms with Crippen molar-refractivity contribution in [2.45, 2.75) is 58.5 Å². The predicted octanol–water partition coefficient (Wildman–Crippen LogP) is 1.49. The third-order valence-electron chi connectivity index (χ3n) is 4.71. The molecule has 2 saturated heterocycles. The Morgan fingerprint density at radius 1 is 1.16 bits per heavy atom. The number of hydrogen-bond donors (Lipinski definition) is 2. The van der Waals surface area contributed by atoms with Crippen LogP contribution in [0.2, 0.25) is 0 Å². The molecule has 3 fully saturated rings. The zero-order valence-corrected chi connectivity index (χ0v) is 12.4. The van der Waals surface area contributed by atoms with E-state index in [1.807, 2.05) is 13.8 Å². The number of carbonyl (C=O) groups is 2. The highest BCUT2D eigenvalue weighted by molar-refractivity contribution is 6.08. The van der Waals surface area contributed by atoms with Crippen LogP contribution in [0.3, 0.4) is 0 Å². The molecule has 1 saturated carbocycles. The van der Waals surface area contributed by atoms with Crippen LogP contribution in [-0.2, 0) is 4.79 Å². The first kappa shape index (κ1) is 14.3. The van der Waals surface area contributed by atoms with E-state index >= 15 is 0 Å². The lowest BCUT2D eigenvalue weighted by Crippen LogP contribution is -2.63. The topological polar surface area (TPSA) is 61.4 Å². The summed E-state index contributed by atoms with van der Waals surface area (Å²) in [4.78, 5) is 25.9. The van der Waals surface area contributed by atoms with E-state index in [4.69, 9.17) is 0 Å². The number of nitrogens with one attached hydrogen (secondary N) is 2. The lowest BCUT2D eigenvalue weighted by molar-refractivity contribution is -0.129. The Morgan fingerprint density at radius 3 is 2.21 bits per heavy atom. The molecule has 1 atom stereocenters. The highest BCUT2D eigenvalue weighted by Crippen LogP contribution is 2.58. The first-order valence-electron chi connectivity index (χ1n) is 7.37. The summed E-state index contributed by atoms with van der Waals surface area (Å²) in [5.74, 6) is -0.108. The van der Waals surface area contributed by atoms with Gasteiger partial charge in [-0.15, -0.1) is 0 Å². The maximum atomic E-state index is 12.1. The Balaban J connectivity index is 0.000000637. The van der Waals surface area contributed by atoms with Crippen LogP contribution in [0.4, 0.5) is 4.79 Å². The second-order valence-electron chi connectivity index (χ2n) is 5.91. The van der Waals surface area contributed by atoms with Crippen LogP contribution < -0.4 is 10.6 Å². The summed E-state index contributed by atoms with van der Waals surface area (Å²) < 4.78 is 0. The zero-order valence-electron chi connectivity index (χ0n) is 12.4. The number of hydrogen-bond acceptors (Lipinski definition) is 3. The molecule has 5 nitrogen and oxygen atoms in total. The Hall–Kier alpha value is -1.10. The van der Waals surface area contributed by atoms with E-state index in [9.17, 15) is 9.59 Å². The molecule has 0 aromatic rings. The summed E-state index contributed by atoms with van der Waals surface area (Å²) >= 11 is 0. The van der Waals surface area contributed by atoms with Crippen LogP contribution in [0.25, 0.3) is 0 Å². The summed E-state index contributed by atoms with van der Waals surface area (Å²) in [6, 6.07) is 0.185. The predicted molar refractivity (Wildman–Crippen MR) is 73.7 cm³/mol. The van der Waals surface area contributed by atoms with Crippen molar-refractivity contribution in [1.29, 1.82) is 0 Å². The summed E-state index contributed by atoms with van der Waals surface area (Å²) in [5, 5.41) is 5.31. The minimum atomic E-state index is -0.616. The molecule has 108 valence electrons. The zero-order chi connectivity index (χ0) is 14.3. The van der Waals surface area contributed by atoms with Crippen molar-refractivity contribution >= 4 is 11.9 Å². The molecule has 2 spiro atoms. The molecule has 3 rings (SSSR count). The number of nitrogens with zero attached hydrogens (tertiary/aromatic N) is 1. The Labute approximate surface area is 115 Å². The summed E-state index contributed by atoms with van der Waals surface area (Å²) in [6.07, 6.45) is 2.83. The van der Waals surface area contributed by atoms with Gasteiger partial charge in [0.05, 0.1) is 0 Å². The fourth-order valence-corrected chi connectivity index (χ4v) is 3.40. The molecule has 19 heavy (non-hydrogen) atoms. The number of rotatable bonds is 1. The Morgan fingerprint density at radius 2 is 1.79 bits per heavy atom. The molecule has 3 amide bonds. The van der Waals surface area contributed by atoms with E-state index in [-0.39, 0.29) is 17.4 Å². The molecular weight excluding hydrogens is 242 g/mol. The highest BCUT2D eigenvalue weighted by Gasteiger charge is 2.68. The highest BCUT2D eigenvalue weighted by atomic mass is 16.2. The molecule has 2 N–H and O–H groups in total. The van der Waals surface area contributed by atoms with Gasteiger partial charge >= 0.3 is 6.03 Å². The Bertz CT molecular complexity index is 390. The second-order valence-corrected chi connectivity index (χ2v) is 5.91. The van der Waals surface area contributed by atoms with Gasteiger partial charge in [-0.2, -0.15) is 0 Å². The number of imide groups is 1. The third kappa shape index (κ3) is 2.04. The lowest BCUT2D eigenvalue weighted by atomic mass is 9.74. The van der Waals surface area contributed by atoms with Crippen LogP contribution in [-0.4, -0.2) is 41.5 Å². The number of amides is 3. The number of likely N-dealkylation sites (tertiary alicyclic amines) is 1. The van der Waals surface area contributed by atoms with Gasteiger partial charge < -0.3 is 10.2 Å². The van der Waals surface area contributed by atoms with Gasteiger partial charge in [0.25, 0.3) is 5.91 Å². The second kappa shape index (κ2) is 4.78. The van der Waals surface area contributed by atoms with Gasteiger partial charge in [0, 0.05) is 24.5 Å². The smallest absolute Gasteiger partial charge is 0.322 e. The molecule has 0 aromatic carbocycles. The number of carbonyl (C=O) groups excluding carboxylic acids is 2. The normalized spacial score (nSPS) is 32.1. The largest absolute Gasteiger partial charge is 0.323 e. The van der Waals surface area contributed by atoms with Gasteiger partial charge in [0.1, 0.15) is 5.54 Å². The molecule has 0 bridgehead atoms. The van der Waals surface area contributed by atoms with E-state index < -0.39 is 5.54 Å². The molecule has 2 heterocycles. The number of piperidine rings is 1. The van der Waals surface area contributed by atoms with E-state index in [0.717, 1.165) is 32.4 Å². The summed E-state index contributed by atoms with van der Waals surface area (Å²) in [6.45, 7) is 10.2. The fourth-order valence-electron chi connectivity index (χ4n) is 3.40.